The highest BCUT2D eigenvalue weighted by atomic mass is 32.2. The van der Waals surface area contributed by atoms with Crippen molar-refractivity contribution in [2.24, 2.45) is 13.0 Å². The van der Waals surface area contributed by atoms with Gasteiger partial charge in [0.2, 0.25) is 5.16 Å². The van der Waals surface area contributed by atoms with Gasteiger partial charge in [0, 0.05) is 12.8 Å². The van der Waals surface area contributed by atoms with Crippen LogP contribution in [0.2, 0.25) is 0 Å². The van der Waals surface area contributed by atoms with Crippen molar-refractivity contribution in [2.75, 3.05) is 12.3 Å². The fraction of sp³-hybridized carbons (Fsp3) is 0.818. The van der Waals surface area contributed by atoms with Crippen molar-refractivity contribution in [2.45, 2.75) is 36.9 Å². The molecule has 1 atom stereocenters. The molecule has 6 nitrogen and oxygen atoms in total. The van der Waals surface area contributed by atoms with E-state index in [0.29, 0.717) is 11.7 Å². The highest BCUT2D eigenvalue weighted by Gasteiger charge is 2.45. The standard InChI is InChI=1S/C11H18N6S/c1-3-6-13-11(7-12,9-4-5-9)8-18-10-14-15-16-17(10)2/h9,13H,3-6,8H2,1-2H3. The van der Waals surface area contributed by atoms with Crippen LogP contribution < -0.4 is 5.32 Å². The van der Waals surface area contributed by atoms with E-state index in [-0.39, 0.29) is 0 Å². The van der Waals surface area contributed by atoms with E-state index in [1.807, 2.05) is 7.05 Å². The number of thioether (sulfide) groups is 1. The molecular weight excluding hydrogens is 248 g/mol. The molecule has 0 amide bonds. The molecule has 18 heavy (non-hydrogen) atoms. The molecular formula is C11H18N6S. The van der Waals surface area contributed by atoms with Crippen LogP contribution in [0.25, 0.3) is 0 Å². The van der Waals surface area contributed by atoms with Crippen LogP contribution in [-0.2, 0) is 7.05 Å². The van der Waals surface area contributed by atoms with E-state index < -0.39 is 5.54 Å². The minimum atomic E-state index is -0.424. The van der Waals surface area contributed by atoms with Crippen LogP contribution in [0, 0.1) is 17.2 Å². The summed E-state index contributed by atoms with van der Waals surface area (Å²) in [6.45, 7) is 2.99. The van der Waals surface area contributed by atoms with E-state index in [0.717, 1.165) is 31.0 Å². The molecule has 7 heteroatoms. The lowest BCUT2D eigenvalue weighted by Crippen LogP contribution is -2.48. The number of hydrogen-bond donors (Lipinski definition) is 1. The summed E-state index contributed by atoms with van der Waals surface area (Å²) in [6.07, 6.45) is 3.32. The first-order valence-corrected chi connectivity index (χ1v) is 7.22. The molecule has 0 aromatic carbocycles. The van der Waals surface area contributed by atoms with Gasteiger partial charge in [-0.25, -0.2) is 4.68 Å². The van der Waals surface area contributed by atoms with Gasteiger partial charge >= 0.3 is 0 Å². The van der Waals surface area contributed by atoms with Crippen molar-refractivity contribution in [3.8, 4) is 6.07 Å². The molecule has 0 bridgehead atoms. The number of rotatable bonds is 7. The van der Waals surface area contributed by atoms with Crippen molar-refractivity contribution in [3.05, 3.63) is 0 Å². The van der Waals surface area contributed by atoms with Crippen molar-refractivity contribution in [1.82, 2.24) is 25.5 Å². The number of nitriles is 1. The molecule has 1 saturated carbocycles. The molecule has 1 unspecified atom stereocenters. The van der Waals surface area contributed by atoms with Gasteiger partial charge in [-0.15, -0.1) is 5.10 Å². The minimum Gasteiger partial charge on any atom is -0.298 e. The quantitative estimate of drug-likeness (QED) is 0.741. The minimum absolute atomic E-state index is 0.424. The first-order chi connectivity index (χ1) is 8.72. The molecule has 98 valence electrons. The van der Waals surface area contributed by atoms with Gasteiger partial charge in [0.15, 0.2) is 0 Å². The lowest BCUT2D eigenvalue weighted by molar-refractivity contribution is 0.405. The Labute approximate surface area is 111 Å². The third-order valence-electron chi connectivity index (χ3n) is 3.17. The third kappa shape index (κ3) is 2.82. The molecule has 1 aliphatic carbocycles. The largest absolute Gasteiger partial charge is 0.298 e. The van der Waals surface area contributed by atoms with Crippen LogP contribution in [0.3, 0.4) is 0 Å². The van der Waals surface area contributed by atoms with E-state index in [2.05, 4.69) is 33.8 Å². The zero-order valence-electron chi connectivity index (χ0n) is 10.8. The summed E-state index contributed by atoms with van der Waals surface area (Å²) in [6, 6.07) is 2.48. The second-order valence-corrected chi connectivity index (χ2v) is 5.60. The van der Waals surface area contributed by atoms with Crippen molar-refractivity contribution in [1.29, 1.82) is 5.26 Å². The predicted molar refractivity (Wildman–Crippen MR) is 68.9 cm³/mol. The second kappa shape index (κ2) is 5.67. The molecule has 0 saturated heterocycles. The van der Waals surface area contributed by atoms with E-state index in [4.69, 9.17) is 0 Å². The van der Waals surface area contributed by atoms with Crippen LogP contribution in [0.5, 0.6) is 0 Å². The number of aryl methyl sites for hydroxylation is 1. The summed E-state index contributed by atoms with van der Waals surface area (Å²) in [5, 5.41) is 25.0. The first kappa shape index (κ1) is 13.3. The molecule has 1 aromatic rings. The lowest BCUT2D eigenvalue weighted by atomic mass is 9.97. The molecule has 0 radical (unpaired) electrons. The van der Waals surface area contributed by atoms with Crippen LogP contribution in [-0.4, -0.2) is 38.0 Å². The van der Waals surface area contributed by atoms with Crippen molar-refractivity contribution < 1.29 is 0 Å². The molecule has 1 fully saturated rings. The summed E-state index contributed by atoms with van der Waals surface area (Å²) in [7, 11) is 1.81. The fourth-order valence-electron chi connectivity index (χ4n) is 1.92. The Bertz CT molecular complexity index is 435. The maximum atomic E-state index is 9.53. The zero-order chi connectivity index (χ0) is 13.0. The smallest absolute Gasteiger partial charge is 0.209 e. The van der Waals surface area contributed by atoms with Crippen LogP contribution >= 0.6 is 11.8 Å². The SMILES string of the molecule is CCCNC(C#N)(CSc1nnnn1C)C1CC1. The Morgan fingerprint density at radius 2 is 2.39 bits per heavy atom. The van der Waals surface area contributed by atoms with Gasteiger partial charge < -0.3 is 0 Å². The van der Waals surface area contributed by atoms with Gasteiger partial charge in [-0.05, 0) is 42.2 Å². The number of hydrogen-bond acceptors (Lipinski definition) is 6. The van der Waals surface area contributed by atoms with Crippen LogP contribution in [0.1, 0.15) is 26.2 Å². The van der Waals surface area contributed by atoms with Gasteiger partial charge in [0.1, 0.15) is 5.54 Å². The zero-order valence-corrected chi connectivity index (χ0v) is 11.6. The van der Waals surface area contributed by atoms with E-state index in [1.54, 1.807) is 16.4 Å². The average molecular weight is 266 g/mol. The summed E-state index contributed by atoms with van der Waals surface area (Å²) >= 11 is 1.55. The summed E-state index contributed by atoms with van der Waals surface area (Å²) in [5.74, 6) is 1.17. The van der Waals surface area contributed by atoms with E-state index >= 15 is 0 Å². The molecule has 1 aliphatic rings. The summed E-state index contributed by atoms with van der Waals surface area (Å²) in [4.78, 5) is 0. The molecule has 0 aliphatic heterocycles. The number of aromatic nitrogens is 4. The Hall–Kier alpha value is -1.13. The molecule has 1 aromatic heterocycles. The van der Waals surface area contributed by atoms with Gasteiger partial charge in [-0.2, -0.15) is 5.26 Å². The van der Waals surface area contributed by atoms with E-state index in [1.165, 1.54) is 0 Å². The highest BCUT2D eigenvalue weighted by Crippen LogP contribution is 2.41. The maximum Gasteiger partial charge on any atom is 0.209 e. The number of nitrogens with one attached hydrogen (secondary N) is 1. The Kier molecular flexibility index (Phi) is 4.19. The van der Waals surface area contributed by atoms with Crippen molar-refractivity contribution >= 4 is 11.8 Å². The topological polar surface area (TPSA) is 79.4 Å². The normalized spacial score (nSPS) is 18.3. The van der Waals surface area contributed by atoms with Crippen molar-refractivity contribution in [3.63, 3.8) is 0 Å². The van der Waals surface area contributed by atoms with E-state index in [9.17, 15) is 5.26 Å². The predicted octanol–water partition coefficient (Wildman–Crippen LogP) is 0.974. The monoisotopic (exact) mass is 266 g/mol. The van der Waals surface area contributed by atoms with Gasteiger partial charge in [0.05, 0.1) is 6.07 Å². The average Bonchev–Trinajstić information content (AvgIpc) is 3.15. The molecule has 2 rings (SSSR count). The Morgan fingerprint density at radius 1 is 1.61 bits per heavy atom. The van der Waals surface area contributed by atoms with Crippen LogP contribution in [0.15, 0.2) is 5.16 Å². The Balaban J connectivity index is 2.01. The van der Waals surface area contributed by atoms with Gasteiger partial charge in [0.25, 0.3) is 0 Å². The molecule has 1 N–H and O–H groups in total. The lowest BCUT2D eigenvalue weighted by Gasteiger charge is -2.27. The summed E-state index contributed by atoms with van der Waals surface area (Å²) in [5.41, 5.74) is -0.424. The summed E-state index contributed by atoms with van der Waals surface area (Å²) < 4.78 is 1.64. The third-order valence-corrected chi connectivity index (χ3v) is 4.38. The molecule has 1 heterocycles. The Morgan fingerprint density at radius 3 is 2.89 bits per heavy atom. The second-order valence-electron chi connectivity index (χ2n) is 4.66. The van der Waals surface area contributed by atoms with Gasteiger partial charge in [-0.3, -0.25) is 5.32 Å². The molecule has 0 spiro atoms. The highest BCUT2D eigenvalue weighted by molar-refractivity contribution is 7.99. The first-order valence-electron chi connectivity index (χ1n) is 6.23. The van der Waals surface area contributed by atoms with Crippen LogP contribution in [0.4, 0.5) is 0 Å². The fourth-order valence-corrected chi connectivity index (χ4v) is 3.00. The number of tetrazole rings is 1. The number of nitrogens with zero attached hydrogens (tertiary/aromatic N) is 5. The maximum absolute atomic E-state index is 9.53. The van der Waals surface area contributed by atoms with Gasteiger partial charge in [-0.1, -0.05) is 18.7 Å².